The number of nitrogens with two attached hydrogens (primary N) is 1. The van der Waals surface area contributed by atoms with Gasteiger partial charge in [0.25, 0.3) is 0 Å². The molecule has 0 atom stereocenters. The molecule has 2 aromatic carbocycles. The number of nitrogen functional groups attached to an aromatic ring is 1. The van der Waals surface area contributed by atoms with Crippen molar-refractivity contribution in [3.8, 4) is 11.6 Å². The Labute approximate surface area is 183 Å². The molecule has 3 rings (SSSR count). The van der Waals surface area contributed by atoms with Crippen LogP contribution in [0.3, 0.4) is 0 Å². The highest BCUT2D eigenvalue weighted by atomic mass is 32.2. The lowest BCUT2D eigenvalue weighted by atomic mass is 10.1. The lowest BCUT2D eigenvalue weighted by Gasteiger charge is -2.18. The first-order valence-corrected chi connectivity index (χ1v) is 11.4. The zero-order valence-corrected chi connectivity index (χ0v) is 18.9. The fraction of sp³-hybridized carbons (Fsp3) is 0.273. The van der Waals surface area contributed by atoms with E-state index in [1.54, 1.807) is 24.3 Å². The van der Waals surface area contributed by atoms with Gasteiger partial charge in [-0.05, 0) is 61.4 Å². The summed E-state index contributed by atoms with van der Waals surface area (Å²) in [6.07, 6.45) is 1.36. The van der Waals surface area contributed by atoms with Crippen molar-refractivity contribution in [2.45, 2.75) is 32.6 Å². The fourth-order valence-corrected chi connectivity index (χ4v) is 4.47. The maximum absolute atomic E-state index is 12.6. The van der Waals surface area contributed by atoms with E-state index in [1.807, 2.05) is 45.9 Å². The van der Waals surface area contributed by atoms with Crippen LogP contribution in [-0.4, -0.2) is 35.8 Å². The molecule has 0 aliphatic rings. The van der Waals surface area contributed by atoms with Gasteiger partial charge in [-0.15, -0.1) is 0 Å². The largest absolute Gasteiger partial charge is 0.437 e. The molecular formula is C22H27N5O3S. The van der Waals surface area contributed by atoms with Crippen LogP contribution in [0.5, 0.6) is 11.6 Å². The minimum absolute atomic E-state index is 0.233. The molecule has 164 valence electrons. The van der Waals surface area contributed by atoms with Gasteiger partial charge in [0.2, 0.25) is 15.9 Å². The Bertz CT molecular complexity index is 1160. The summed E-state index contributed by atoms with van der Waals surface area (Å²) in [6, 6.07) is 12.2. The summed E-state index contributed by atoms with van der Waals surface area (Å²) < 4.78 is 32.5. The van der Waals surface area contributed by atoms with Gasteiger partial charge in [0.1, 0.15) is 17.8 Å². The van der Waals surface area contributed by atoms with E-state index in [2.05, 4.69) is 15.3 Å². The normalized spacial score (nSPS) is 11.5. The van der Waals surface area contributed by atoms with Crippen LogP contribution in [0.1, 0.15) is 25.0 Å². The SMILES string of the molecule is CCN(CC)S(=O)(=O)c1ccc(Nc2ncnc(Oc3ccc(C)c(C)c3)c2N)cc1. The van der Waals surface area contributed by atoms with Gasteiger partial charge in [-0.25, -0.2) is 13.4 Å². The molecular weight excluding hydrogens is 414 g/mol. The van der Waals surface area contributed by atoms with Crippen molar-refractivity contribution in [2.24, 2.45) is 0 Å². The van der Waals surface area contributed by atoms with Crippen LogP contribution >= 0.6 is 0 Å². The van der Waals surface area contributed by atoms with E-state index in [4.69, 9.17) is 10.5 Å². The predicted octanol–water partition coefficient (Wildman–Crippen LogP) is 4.24. The van der Waals surface area contributed by atoms with Crippen molar-refractivity contribution in [1.29, 1.82) is 0 Å². The van der Waals surface area contributed by atoms with Crippen LogP contribution in [0.15, 0.2) is 53.7 Å². The van der Waals surface area contributed by atoms with E-state index < -0.39 is 10.0 Å². The molecule has 1 aromatic heterocycles. The Hall–Kier alpha value is -3.17. The molecule has 0 aliphatic heterocycles. The Kier molecular flexibility index (Phi) is 6.77. The lowest BCUT2D eigenvalue weighted by Crippen LogP contribution is -2.30. The Morgan fingerprint density at radius 1 is 1.00 bits per heavy atom. The molecule has 3 aromatic rings. The molecule has 1 heterocycles. The van der Waals surface area contributed by atoms with Crippen molar-refractivity contribution in [2.75, 3.05) is 24.1 Å². The molecule has 0 unspecified atom stereocenters. The average Bonchev–Trinajstić information content (AvgIpc) is 2.75. The zero-order chi connectivity index (χ0) is 22.6. The van der Waals surface area contributed by atoms with Crippen molar-refractivity contribution in [1.82, 2.24) is 14.3 Å². The van der Waals surface area contributed by atoms with E-state index in [9.17, 15) is 8.42 Å². The highest BCUT2D eigenvalue weighted by Gasteiger charge is 2.21. The summed E-state index contributed by atoms with van der Waals surface area (Å²) in [4.78, 5) is 8.54. The smallest absolute Gasteiger partial charge is 0.248 e. The summed E-state index contributed by atoms with van der Waals surface area (Å²) in [5, 5.41) is 3.09. The molecule has 0 spiro atoms. The van der Waals surface area contributed by atoms with E-state index >= 15 is 0 Å². The van der Waals surface area contributed by atoms with E-state index in [-0.39, 0.29) is 16.5 Å². The lowest BCUT2D eigenvalue weighted by molar-refractivity contribution is 0.445. The number of ether oxygens (including phenoxy) is 1. The Morgan fingerprint density at radius 2 is 1.68 bits per heavy atom. The fourth-order valence-electron chi connectivity index (χ4n) is 3.01. The molecule has 0 saturated heterocycles. The third-order valence-electron chi connectivity index (χ3n) is 5.00. The first kappa shape index (κ1) is 22.5. The number of nitrogens with zero attached hydrogens (tertiary/aromatic N) is 3. The maximum Gasteiger partial charge on any atom is 0.248 e. The topological polar surface area (TPSA) is 110 Å². The number of nitrogens with one attached hydrogen (secondary N) is 1. The Morgan fingerprint density at radius 3 is 2.29 bits per heavy atom. The quantitative estimate of drug-likeness (QED) is 0.538. The average molecular weight is 442 g/mol. The minimum Gasteiger partial charge on any atom is -0.437 e. The van der Waals surface area contributed by atoms with Crippen LogP contribution in [0.4, 0.5) is 17.2 Å². The maximum atomic E-state index is 12.6. The van der Waals surface area contributed by atoms with Gasteiger partial charge in [-0.1, -0.05) is 19.9 Å². The van der Waals surface area contributed by atoms with Crippen LogP contribution < -0.4 is 15.8 Å². The minimum atomic E-state index is -3.51. The summed E-state index contributed by atoms with van der Waals surface area (Å²) in [7, 11) is -3.51. The molecule has 0 aliphatic carbocycles. The van der Waals surface area contributed by atoms with Gasteiger partial charge in [0, 0.05) is 18.8 Å². The summed E-state index contributed by atoms with van der Waals surface area (Å²) >= 11 is 0. The second kappa shape index (κ2) is 9.32. The molecule has 9 heteroatoms. The number of aryl methyl sites for hydroxylation is 2. The zero-order valence-electron chi connectivity index (χ0n) is 18.1. The number of hydrogen-bond donors (Lipinski definition) is 2. The summed E-state index contributed by atoms with van der Waals surface area (Å²) in [5.41, 5.74) is 9.36. The van der Waals surface area contributed by atoms with Crippen LogP contribution in [0.2, 0.25) is 0 Å². The van der Waals surface area contributed by atoms with Crippen LogP contribution in [0, 0.1) is 13.8 Å². The highest BCUT2D eigenvalue weighted by Crippen LogP contribution is 2.32. The van der Waals surface area contributed by atoms with E-state index in [0.29, 0.717) is 30.3 Å². The van der Waals surface area contributed by atoms with Gasteiger partial charge in [0.05, 0.1) is 4.90 Å². The molecule has 0 bridgehead atoms. The molecule has 3 N–H and O–H groups in total. The molecule has 0 radical (unpaired) electrons. The van der Waals surface area contributed by atoms with Gasteiger partial charge in [-0.3, -0.25) is 0 Å². The standard InChI is InChI=1S/C22H27N5O3S/c1-5-27(6-2)31(28,29)19-11-8-17(9-12-19)26-21-20(23)22(25-14-24-21)30-18-10-7-15(3)16(4)13-18/h7-14H,5-6,23H2,1-4H3,(H,24,25,26). The predicted molar refractivity (Wildman–Crippen MR) is 122 cm³/mol. The van der Waals surface area contributed by atoms with E-state index in [0.717, 1.165) is 11.1 Å². The molecule has 0 saturated carbocycles. The van der Waals surface area contributed by atoms with Gasteiger partial charge >= 0.3 is 0 Å². The number of rotatable bonds is 8. The van der Waals surface area contributed by atoms with Crippen molar-refractivity contribution >= 4 is 27.2 Å². The first-order valence-electron chi connectivity index (χ1n) is 9.99. The summed E-state index contributed by atoms with van der Waals surface area (Å²) in [6.45, 7) is 8.49. The number of anilines is 3. The van der Waals surface area contributed by atoms with Crippen LogP contribution in [0.25, 0.3) is 0 Å². The molecule has 0 amide bonds. The second-order valence-corrected chi connectivity index (χ2v) is 8.97. The Balaban J connectivity index is 1.80. The number of hydrogen-bond acceptors (Lipinski definition) is 7. The summed E-state index contributed by atoms with van der Waals surface area (Å²) in [5.74, 6) is 1.24. The monoisotopic (exact) mass is 441 g/mol. The van der Waals surface area contributed by atoms with E-state index in [1.165, 1.54) is 10.6 Å². The van der Waals surface area contributed by atoms with Gasteiger partial charge in [0.15, 0.2) is 5.82 Å². The van der Waals surface area contributed by atoms with Gasteiger partial charge < -0.3 is 15.8 Å². The highest BCUT2D eigenvalue weighted by molar-refractivity contribution is 7.89. The van der Waals surface area contributed by atoms with Crippen molar-refractivity contribution in [3.05, 3.63) is 59.9 Å². The molecule has 0 fully saturated rings. The van der Waals surface area contributed by atoms with Crippen LogP contribution in [-0.2, 0) is 10.0 Å². The number of sulfonamides is 1. The third kappa shape index (κ3) is 4.95. The number of aromatic nitrogens is 2. The third-order valence-corrected chi connectivity index (χ3v) is 7.06. The van der Waals surface area contributed by atoms with Crippen molar-refractivity contribution < 1.29 is 13.2 Å². The van der Waals surface area contributed by atoms with Gasteiger partial charge in [-0.2, -0.15) is 9.29 Å². The molecule has 31 heavy (non-hydrogen) atoms. The number of benzene rings is 2. The van der Waals surface area contributed by atoms with Crippen molar-refractivity contribution in [3.63, 3.8) is 0 Å². The first-order chi connectivity index (χ1) is 14.8. The molecule has 8 nitrogen and oxygen atoms in total. The second-order valence-electron chi connectivity index (χ2n) is 7.03.